The molecule has 3 aromatic rings. The Hall–Kier alpha value is -2.69. The second kappa shape index (κ2) is 9.89. The van der Waals surface area contributed by atoms with Crippen molar-refractivity contribution in [1.82, 2.24) is 24.4 Å². The summed E-state index contributed by atoms with van der Waals surface area (Å²) in [6.45, 7) is 6.09. The van der Waals surface area contributed by atoms with Gasteiger partial charge in [-0.15, -0.1) is 5.10 Å². The van der Waals surface area contributed by atoms with E-state index in [2.05, 4.69) is 33.9 Å². The summed E-state index contributed by atoms with van der Waals surface area (Å²) in [6.07, 6.45) is 3.75. The van der Waals surface area contributed by atoms with E-state index >= 15 is 0 Å². The molecule has 9 nitrogen and oxygen atoms in total. The van der Waals surface area contributed by atoms with Crippen molar-refractivity contribution in [2.75, 3.05) is 76.3 Å². The van der Waals surface area contributed by atoms with E-state index in [4.69, 9.17) is 15.2 Å². The smallest absolute Gasteiger partial charge is 0.225 e. The van der Waals surface area contributed by atoms with E-state index in [0.717, 1.165) is 79.1 Å². The van der Waals surface area contributed by atoms with Gasteiger partial charge in [0.05, 0.1) is 18.5 Å². The minimum Gasteiger partial charge on any atom is -0.395 e. The van der Waals surface area contributed by atoms with Gasteiger partial charge in [-0.3, -0.25) is 4.79 Å². The number of hydrogen-bond donors (Lipinski definition) is 1. The van der Waals surface area contributed by atoms with E-state index in [1.54, 1.807) is 11.3 Å². The molecule has 5 rings (SSSR count). The van der Waals surface area contributed by atoms with Crippen LogP contribution < -0.4 is 9.80 Å². The Morgan fingerprint density at radius 2 is 1.82 bits per heavy atom. The number of imidazole rings is 1. The lowest BCUT2D eigenvalue weighted by atomic mass is 9.95. The van der Waals surface area contributed by atoms with Crippen LogP contribution in [0.15, 0.2) is 30.5 Å². The topological polar surface area (TPSA) is 80.5 Å². The molecule has 2 aliphatic heterocycles. The van der Waals surface area contributed by atoms with Crippen molar-refractivity contribution in [1.29, 1.82) is 0 Å². The normalized spacial score (nSPS) is 18.1. The van der Waals surface area contributed by atoms with Gasteiger partial charge >= 0.3 is 0 Å². The van der Waals surface area contributed by atoms with Crippen molar-refractivity contribution in [2.24, 2.45) is 5.92 Å². The zero-order valence-electron chi connectivity index (χ0n) is 19.9. The lowest BCUT2D eigenvalue weighted by Crippen LogP contribution is -2.50. The van der Waals surface area contributed by atoms with E-state index in [1.165, 1.54) is 0 Å². The Labute approximate surface area is 204 Å². The van der Waals surface area contributed by atoms with Crippen LogP contribution in [0.2, 0.25) is 0 Å². The molecular weight excluding hydrogens is 450 g/mol. The summed E-state index contributed by atoms with van der Waals surface area (Å²) in [5.41, 5.74) is 3.01. The van der Waals surface area contributed by atoms with Crippen molar-refractivity contribution in [2.45, 2.75) is 12.8 Å². The molecule has 2 fully saturated rings. The maximum atomic E-state index is 12.9. The molecule has 10 heteroatoms. The zero-order chi connectivity index (χ0) is 23.7. The molecule has 0 radical (unpaired) electrons. The van der Waals surface area contributed by atoms with Crippen LogP contribution in [0.3, 0.4) is 0 Å². The van der Waals surface area contributed by atoms with E-state index in [-0.39, 0.29) is 12.5 Å². The Morgan fingerprint density at radius 1 is 1.12 bits per heavy atom. The summed E-state index contributed by atoms with van der Waals surface area (Å²) < 4.78 is 1.86. The van der Waals surface area contributed by atoms with Gasteiger partial charge in [-0.25, -0.2) is 9.50 Å². The number of amides is 1. The average Bonchev–Trinajstić information content (AvgIpc) is 3.44. The van der Waals surface area contributed by atoms with Crippen molar-refractivity contribution in [3.8, 4) is 11.3 Å². The van der Waals surface area contributed by atoms with Crippen LogP contribution in [0.5, 0.6) is 0 Å². The first kappa shape index (κ1) is 23.1. The van der Waals surface area contributed by atoms with Gasteiger partial charge < -0.3 is 24.7 Å². The maximum Gasteiger partial charge on any atom is 0.225 e. The second-order valence-electron chi connectivity index (χ2n) is 9.32. The van der Waals surface area contributed by atoms with Crippen LogP contribution in [0.25, 0.3) is 16.2 Å². The minimum atomic E-state index is 0.133. The Kier molecular flexibility index (Phi) is 6.71. The van der Waals surface area contributed by atoms with Crippen LogP contribution >= 0.6 is 11.3 Å². The first-order valence-electron chi connectivity index (χ1n) is 12.0. The van der Waals surface area contributed by atoms with Crippen LogP contribution in [0.1, 0.15) is 12.8 Å². The molecule has 0 atom stereocenters. The SMILES string of the molecule is CN1CCN(C(=O)C2CCN(c3nn4cc(-c5ccc(N(C)CCO)cc5)nc4s3)CC2)CC1. The molecule has 182 valence electrons. The van der Waals surface area contributed by atoms with E-state index in [0.29, 0.717) is 12.5 Å². The van der Waals surface area contributed by atoms with Crippen molar-refractivity contribution < 1.29 is 9.90 Å². The minimum absolute atomic E-state index is 0.133. The Balaban J connectivity index is 1.20. The summed E-state index contributed by atoms with van der Waals surface area (Å²) in [4.78, 5) is 27.2. The molecule has 2 aliphatic rings. The third-order valence-electron chi connectivity index (χ3n) is 7.00. The van der Waals surface area contributed by atoms with Crippen LogP contribution in [-0.2, 0) is 4.79 Å². The number of rotatable bonds is 6. The third-order valence-corrected chi connectivity index (χ3v) is 7.98. The van der Waals surface area contributed by atoms with Gasteiger partial charge in [-0.1, -0.05) is 23.5 Å². The van der Waals surface area contributed by atoms with Gasteiger partial charge in [0.25, 0.3) is 0 Å². The van der Waals surface area contributed by atoms with Crippen molar-refractivity contribution in [3.63, 3.8) is 0 Å². The summed E-state index contributed by atoms with van der Waals surface area (Å²) >= 11 is 1.60. The van der Waals surface area contributed by atoms with E-state index in [9.17, 15) is 4.79 Å². The molecule has 1 N–H and O–H groups in total. The van der Waals surface area contributed by atoms with Gasteiger partial charge in [-0.05, 0) is 32.0 Å². The highest BCUT2D eigenvalue weighted by Gasteiger charge is 2.31. The number of piperazine rings is 1. The summed E-state index contributed by atoms with van der Waals surface area (Å²) in [5, 5.41) is 14.9. The first-order chi connectivity index (χ1) is 16.5. The van der Waals surface area contributed by atoms with Gasteiger partial charge in [-0.2, -0.15) is 0 Å². The number of aromatic nitrogens is 3. The molecule has 0 bridgehead atoms. The highest BCUT2D eigenvalue weighted by molar-refractivity contribution is 7.20. The fourth-order valence-corrected chi connectivity index (χ4v) is 5.66. The van der Waals surface area contributed by atoms with Gasteiger partial charge in [0, 0.05) is 70.0 Å². The third kappa shape index (κ3) is 4.75. The standard InChI is InChI=1S/C24H33N7O2S/c1-27-11-13-29(14-12-27)22(33)19-7-9-30(10-8-19)24-26-31-17-21(25-23(31)34-24)18-3-5-20(6-4-18)28(2)15-16-32/h3-6,17,19,32H,7-16H2,1-2H3. The maximum absolute atomic E-state index is 12.9. The largest absolute Gasteiger partial charge is 0.395 e. The Bertz CT molecular complexity index is 1080. The van der Waals surface area contributed by atoms with Crippen molar-refractivity contribution in [3.05, 3.63) is 30.5 Å². The lowest BCUT2D eigenvalue weighted by Gasteiger charge is -2.37. The number of hydrogen-bond acceptors (Lipinski definition) is 8. The number of piperidine rings is 1. The van der Waals surface area contributed by atoms with Crippen LogP contribution in [-0.4, -0.2) is 102 Å². The fourth-order valence-electron chi connectivity index (χ4n) is 4.73. The molecule has 4 heterocycles. The summed E-state index contributed by atoms with van der Waals surface area (Å²) in [5.74, 6) is 0.467. The van der Waals surface area contributed by atoms with Gasteiger partial charge in [0.15, 0.2) is 0 Å². The highest BCUT2D eigenvalue weighted by atomic mass is 32.1. The number of carbonyl (C=O) groups excluding carboxylic acids is 1. The van der Waals surface area contributed by atoms with Crippen LogP contribution in [0.4, 0.5) is 10.8 Å². The molecule has 0 spiro atoms. The molecule has 2 aromatic heterocycles. The molecule has 34 heavy (non-hydrogen) atoms. The lowest BCUT2D eigenvalue weighted by molar-refractivity contribution is -0.137. The molecule has 0 aliphatic carbocycles. The average molecular weight is 484 g/mol. The number of likely N-dealkylation sites (N-methyl/N-ethyl adjacent to an activating group) is 2. The fraction of sp³-hybridized carbons (Fsp3) is 0.542. The zero-order valence-corrected chi connectivity index (χ0v) is 20.7. The number of fused-ring (bicyclic) bond motifs is 1. The molecular formula is C24H33N7O2S. The quantitative estimate of drug-likeness (QED) is 0.573. The van der Waals surface area contributed by atoms with Gasteiger partial charge in [0.2, 0.25) is 16.0 Å². The predicted molar refractivity (Wildman–Crippen MR) is 136 cm³/mol. The number of aliphatic hydroxyl groups is 1. The monoisotopic (exact) mass is 483 g/mol. The van der Waals surface area contributed by atoms with Gasteiger partial charge in [0.1, 0.15) is 0 Å². The molecule has 1 aromatic carbocycles. The number of benzene rings is 1. The molecule has 2 saturated heterocycles. The van der Waals surface area contributed by atoms with Crippen molar-refractivity contribution >= 4 is 33.0 Å². The Morgan fingerprint density at radius 3 is 2.47 bits per heavy atom. The summed E-state index contributed by atoms with van der Waals surface area (Å²) in [7, 11) is 4.08. The van der Waals surface area contributed by atoms with E-state index < -0.39 is 0 Å². The van der Waals surface area contributed by atoms with E-state index in [1.807, 2.05) is 34.8 Å². The van der Waals surface area contributed by atoms with Crippen LogP contribution in [0, 0.1) is 5.92 Å². The number of anilines is 2. The summed E-state index contributed by atoms with van der Waals surface area (Å²) in [6, 6.07) is 8.20. The molecule has 0 unspecified atom stereocenters. The first-order valence-corrected chi connectivity index (χ1v) is 12.8. The highest BCUT2D eigenvalue weighted by Crippen LogP contribution is 2.30. The number of carbonyl (C=O) groups is 1. The number of nitrogens with zero attached hydrogens (tertiary/aromatic N) is 7. The predicted octanol–water partition coefficient (Wildman–Crippen LogP) is 1.88. The second-order valence-corrected chi connectivity index (χ2v) is 10.3. The molecule has 0 saturated carbocycles. The number of aliphatic hydroxyl groups excluding tert-OH is 1. The molecule has 1 amide bonds.